The van der Waals surface area contributed by atoms with Gasteiger partial charge in [0.2, 0.25) is 0 Å². The second-order valence-corrected chi connectivity index (χ2v) is 9.89. The first kappa shape index (κ1) is 22.1. The largest absolute Gasteiger partial charge is 0.379 e. The third kappa shape index (κ3) is 5.40. The standard InChI is InChI=1S/C23H17ClN2O4S2/c1-15-2-12-20(13-3-15)32(28,29)30-19-10-4-16(5-11-19)14-21-22(27)26-23(31-21)25-18-8-6-17(24)7-9-18/h2-14H,1H3,(H,25,26,27). The number of thioether (sulfide) groups is 1. The van der Waals surface area contributed by atoms with Gasteiger partial charge in [0, 0.05) is 5.02 Å². The number of aryl methyl sites for hydroxylation is 1. The van der Waals surface area contributed by atoms with Crippen LogP contribution in [-0.2, 0) is 14.9 Å². The number of hydrogen-bond donors (Lipinski definition) is 1. The van der Waals surface area contributed by atoms with Crippen LogP contribution in [0.3, 0.4) is 0 Å². The van der Waals surface area contributed by atoms with Crippen molar-refractivity contribution in [1.29, 1.82) is 0 Å². The van der Waals surface area contributed by atoms with Crippen LogP contribution in [0, 0.1) is 6.92 Å². The summed E-state index contributed by atoms with van der Waals surface area (Å²) >= 11 is 7.09. The number of nitrogens with one attached hydrogen (secondary N) is 1. The van der Waals surface area contributed by atoms with Crippen molar-refractivity contribution in [3.63, 3.8) is 0 Å². The molecular weight excluding hydrogens is 468 g/mol. The molecule has 1 saturated heterocycles. The van der Waals surface area contributed by atoms with Gasteiger partial charge in [-0.15, -0.1) is 0 Å². The molecule has 1 amide bonds. The van der Waals surface area contributed by atoms with E-state index in [9.17, 15) is 13.2 Å². The molecule has 6 nitrogen and oxygen atoms in total. The summed E-state index contributed by atoms with van der Waals surface area (Å²) in [6.45, 7) is 1.87. The highest BCUT2D eigenvalue weighted by Crippen LogP contribution is 2.29. The molecule has 3 aromatic rings. The second kappa shape index (κ2) is 9.20. The maximum Gasteiger partial charge on any atom is 0.339 e. The molecular formula is C23H17ClN2O4S2. The minimum Gasteiger partial charge on any atom is -0.379 e. The van der Waals surface area contributed by atoms with Gasteiger partial charge in [-0.05, 0) is 78.9 Å². The molecule has 9 heteroatoms. The zero-order valence-corrected chi connectivity index (χ0v) is 19.2. The Morgan fingerprint density at radius 2 is 1.62 bits per heavy atom. The number of hydrogen-bond acceptors (Lipinski definition) is 6. The van der Waals surface area contributed by atoms with Gasteiger partial charge in [0.15, 0.2) is 5.17 Å². The Labute approximate surface area is 195 Å². The Kier molecular flexibility index (Phi) is 6.36. The summed E-state index contributed by atoms with van der Waals surface area (Å²) in [6, 6.07) is 19.8. The van der Waals surface area contributed by atoms with Crippen LogP contribution in [0.2, 0.25) is 5.02 Å². The summed E-state index contributed by atoms with van der Waals surface area (Å²) in [5.74, 6) is -0.0776. The molecule has 1 aliphatic rings. The number of nitrogens with zero attached hydrogens (tertiary/aromatic N) is 1. The molecule has 0 spiro atoms. The molecule has 0 aromatic heterocycles. The molecule has 0 radical (unpaired) electrons. The summed E-state index contributed by atoms with van der Waals surface area (Å²) in [7, 11) is -3.92. The zero-order valence-electron chi connectivity index (χ0n) is 16.8. The van der Waals surface area contributed by atoms with Crippen LogP contribution in [0.4, 0.5) is 5.69 Å². The highest BCUT2D eigenvalue weighted by molar-refractivity contribution is 8.18. The Bertz CT molecular complexity index is 1320. The van der Waals surface area contributed by atoms with Crippen LogP contribution in [0.5, 0.6) is 5.75 Å². The van der Waals surface area contributed by atoms with Crippen LogP contribution >= 0.6 is 23.4 Å². The summed E-state index contributed by atoms with van der Waals surface area (Å²) in [4.78, 5) is 17.2. The van der Waals surface area contributed by atoms with Gasteiger partial charge in [0.1, 0.15) is 10.6 Å². The van der Waals surface area contributed by atoms with E-state index in [0.29, 0.717) is 20.8 Å². The molecule has 4 rings (SSSR count). The number of amides is 1. The Hall–Kier alpha value is -3.07. The minimum absolute atomic E-state index is 0.0841. The molecule has 0 atom stereocenters. The summed E-state index contributed by atoms with van der Waals surface area (Å²) < 4.78 is 30.0. The fraction of sp³-hybridized carbons (Fsp3) is 0.0435. The maximum atomic E-state index is 12.4. The summed E-state index contributed by atoms with van der Waals surface area (Å²) in [5, 5.41) is 3.79. The lowest BCUT2D eigenvalue weighted by Gasteiger charge is -2.07. The number of carbonyl (C=O) groups excluding carboxylic acids is 1. The topological polar surface area (TPSA) is 84.8 Å². The van der Waals surface area contributed by atoms with E-state index in [2.05, 4.69) is 10.3 Å². The normalized spacial score (nSPS) is 16.4. The molecule has 0 aliphatic carbocycles. The number of benzene rings is 3. The smallest absolute Gasteiger partial charge is 0.339 e. The van der Waals surface area contributed by atoms with Gasteiger partial charge < -0.3 is 9.50 Å². The predicted octanol–water partition coefficient (Wildman–Crippen LogP) is 5.31. The van der Waals surface area contributed by atoms with Crippen LogP contribution < -0.4 is 9.50 Å². The Balaban J connectivity index is 1.46. The van der Waals surface area contributed by atoms with Crippen molar-refractivity contribution in [1.82, 2.24) is 5.32 Å². The summed E-state index contributed by atoms with van der Waals surface area (Å²) in [6.07, 6.45) is 1.70. The second-order valence-electron chi connectivity index (χ2n) is 6.88. The summed E-state index contributed by atoms with van der Waals surface area (Å²) in [5.41, 5.74) is 2.35. The average molecular weight is 485 g/mol. The molecule has 0 saturated carbocycles. The van der Waals surface area contributed by atoms with Gasteiger partial charge >= 0.3 is 10.1 Å². The lowest BCUT2D eigenvalue weighted by atomic mass is 10.2. The van der Waals surface area contributed by atoms with E-state index in [0.717, 1.165) is 11.1 Å². The van der Waals surface area contributed by atoms with Gasteiger partial charge in [-0.1, -0.05) is 41.4 Å². The fourth-order valence-electron chi connectivity index (χ4n) is 2.76. The van der Waals surface area contributed by atoms with Crippen molar-refractivity contribution in [2.24, 2.45) is 4.99 Å². The molecule has 0 bridgehead atoms. The molecule has 1 fully saturated rings. The van der Waals surface area contributed by atoms with E-state index in [1.54, 1.807) is 66.7 Å². The Morgan fingerprint density at radius 3 is 2.28 bits per heavy atom. The van der Waals surface area contributed by atoms with Crippen molar-refractivity contribution >= 4 is 56.3 Å². The molecule has 1 heterocycles. The highest BCUT2D eigenvalue weighted by atomic mass is 35.5. The van der Waals surface area contributed by atoms with Crippen molar-refractivity contribution in [2.75, 3.05) is 0 Å². The lowest BCUT2D eigenvalue weighted by molar-refractivity contribution is -0.115. The molecule has 0 unspecified atom stereocenters. The third-order valence-corrected chi connectivity index (χ3v) is 6.82. The minimum atomic E-state index is -3.92. The van der Waals surface area contributed by atoms with Gasteiger partial charge in [0.25, 0.3) is 5.91 Å². The molecule has 3 aromatic carbocycles. The van der Waals surface area contributed by atoms with Gasteiger partial charge in [-0.2, -0.15) is 8.42 Å². The Morgan fingerprint density at radius 1 is 0.969 bits per heavy atom. The monoisotopic (exact) mass is 484 g/mol. The van der Waals surface area contributed by atoms with Crippen LogP contribution in [0.15, 0.2) is 87.6 Å². The van der Waals surface area contributed by atoms with Crippen LogP contribution in [-0.4, -0.2) is 19.5 Å². The van der Waals surface area contributed by atoms with E-state index in [1.165, 1.54) is 23.9 Å². The number of halogens is 1. The maximum absolute atomic E-state index is 12.4. The van der Waals surface area contributed by atoms with Crippen LogP contribution in [0.25, 0.3) is 6.08 Å². The quantitative estimate of drug-likeness (QED) is 0.392. The first-order valence-electron chi connectivity index (χ1n) is 9.45. The van der Waals surface area contributed by atoms with Gasteiger partial charge in [-0.25, -0.2) is 4.99 Å². The van der Waals surface area contributed by atoms with E-state index in [1.807, 2.05) is 6.92 Å². The van der Waals surface area contributed by atoms with Crippen molar-refractivity contribution in [3.05, 3.63) is 93.9 Å². The zero-order chi connectivity index (χ0) is 22.7. The van der Waals surface area contributed by atoms with E-state index in [4.69, 9.17) is 15.8 Å². The van der Waals surface area contributed by atoms with Crippen molar-refractivity contribution in [2.45, 2.75) is 11.8 Å². The van der Waals surface area contributed by atoms with Gasteiger partial charge in [0.05, 0.1) is 10.6 Å². The molecule has 1 N–H and O–H groups in total. The molecule has 162 valence electrons. The van der Waals surface area contributed by atoms with E-state index >= 15 is 0 Å². The first-order chi connectivity index (χ1) is 15.3. The predicted molar refractivity (Wildman–Crippen MR) is 128 cm³/mol. The van der Waals surface area contributed by atoms with Crippen LogP contribution in [0.1, 0.15) is 11.1 Å². The molecule has 32 heavy (non-hydrogen) atoms. The van der Waals surface area contributed by atoms with Crippen molar-refractivity contribution in [3.8, 4) is 5.75 Å². The van der Waals surface area contributed by atoms with E-state index < -0.39 is 10.1 Å². The number of amidine groups is 1. The fourth-order valence-corrected chi connectivity index (χ4v) is 4.66. The van der Waals surface area contributed by atoms with Gasteiger partial charge in [-0.3, -0.25) is 4.79 Å². The lowest BCUT2D eigenvalue weighted by Crippen LogP contribution is -2.19. The van der Waals surface area contributed by atoms with Crippen molar-refractivity contribution < 1.29 is 17.4 Å². The number of rotatable bonds is 5. The number of aliphatic imine (C=N–C) groups is 1. The van der Waals surface area contributed by atoms with E-state index in [-0.39, 0.29) is 16.6 Å². The molecule has 1 aliphatic heterocycles. The average Bonchev–Trinajstić information content (AvgIpc) is 3.10. The number of carbonyl (C=O) groups is 1. The first-order valence-corrected chi connectivity index (χ1v) is 12.1. The SMILES string of the molecule is Cc1ccc(S(=O)(=O)Oc2ccc(C=C3SC(=Nc4ccc(Cl)cc4)NC3=O)cc2)cc1. The third-order valence-electron chi connectivity index (χ3n) is 4.40. The highest BCUT2D eigenvalue weighted by Gasteiger charge is 2.24.